The van der Waals surface area contributed by atoms with Gasteiger partial charge in [-0.3, -0.25) is 4.79 Å². The predicted molar refractivity (Wildman–Crippen MR) is 130 cm³/mol. The molecule has 0 unspecified atom stereocenters. The van der Waals surface area contributed by atoms with Gasteiger partial charge in [-0.15, -0.1) is 0 Å². The average Bonchev–Trinajstić information content (AvgIpc) is 2.79. The number of amides is 1. The van der Waals surface area contributed by atoms with E-state index < -0.39 is 5.97 Å². The smallest absolute Gasteiger partial charge is 0.345 e. The number of nitrogens with zero attached hydrogens (tertiary/aromatic N) is 1. The highest BCUT2D eigenvalue weighted by atomic mass is 35.5. The van der Waals surface area contributed by atoms with Crippen LogP contribution in [0.5, 0.6) is 11.5 Å². The monoisotopic (exact) mass is 504 g/mol. The van der Waals surface area contributed by atoms with Crippen LogP contribution in [0.15, 0.2) is 71.8 Å². The van der Waals surface area contributed by atoms with E-state index in [-0.39, 0.29) is 17.9 Å². The van der Waals surface area contributed by atoms with Gasteiger partial charge in [-0.05, 0) is 66.6 Å². The summed E-state index contributed by atoms with van der Waals surface area (Å²) in [7, 11) is 0. The summed E-state index contributed by atoms with van der Waals surface area (Å²) in [5.74, 6) is 0.0846. The minimum absolute atomic E-state index is 0.236. The Balaban J connectivity index is 1.39. The molecule has 0 aliphatic carbocycles. The van der Waals surface area contributed by atoms with Crippen molar-refractivity contribution in [3.8, 4) is 11.5 Å². The Bertz CT molecular complexity index is 1150. The molecule has 0 saturated heterocycles. The fourth-order valence-electron chi connectivity index (χ4n) is 2.65. The lowest BCUT2D eigenvalue weighted by Crippen LogP contribution is -2.18. The molecule has 0 saturated carbocycles. The van der Waals surface area contributed by atoms with Gasteiger partial charge in [-0.1, -0.05) is 46.9 Å². The average molecular weight is 506 g/mol. The number of rotatable bonds is 9. The number of benzene rings is 3. The molecule has 0 atom stereocenters. The van der Waals surface area contributed by atoms with E-state index in [0.29, 0.717) is 45.2 Å². The van der Waals surface area contributed by atoms with Crippen LogP contribution >= 0.6 is 34.8 Å². The maximum absolute atomic E-state index is 12.2. The fourth-order valence-corrected chi connectivity index (χ4v) is 3.33. The molecule has 170 valence electrons. The zero-order chi connectivity index (χ0) is 23.6. The number of hydrogen-bond acceptors (Lipinski definition) is 5. The van der Waals surface area contributed by atoms with Crippen LogP contribution in [0.2, 0.25) is 15.1 Å². The summed E-state index contributed by atoms with van der Waals surface area (Å²) in [5.41, 5.74) is 3.46. The van der Waals surface area contributed by atoms with E-state index in [4.69, 9.17) is 44.3 Å². The number of nitrogens with one attached hydrogen (secondary N) is 1. The molecule has 3 aromatic rings. The number of hydrogen-bond donors (Lipinski definition) is 1. The first-order valence-corrected chi connectivity index (χ1v) is 11.0. The van der Waals surface area contributed by atoms with E-state index in [1.807, 2.05) is 0 Å². The van der Waals surface area contributed by atoms with Crippen molar-refractivity contribution in [1.29, 1.82) is 0 Å². The molecule has 0 radical (unpaired) electrons. The third-order valence-corrected chi connectivity index (χ3v) is 5.15. The maximum Gasteiger partial charge on any atom is 0.345 e. The fraction of sp³-hybridized carbons (Fsp3) is 0.125. The lowest BCUT2D eigenvalue weighted by Gasteiger charge is -2.07. The zero-order valence-electron chi connectivity index (χ0n) is 17.3. The van der Waals surface area contributed by atoms with Crippen LogP contribution < -0.4 is 14.9 Å². The summed E-state index contributed by atoms with van der Waals surface area (Å²) in [6, 6.07) is 18.3. The molecule has 0 spiro atoms. The normalized spacial score (nSPS) is 10.8. The molecular weight excluding hydrogens is 487 g/mol. The molecule has 3 aromatic carbocycles. The third kappa shape index (κ3) is 7.79. The molecule has 1 N–H and O–H groups in total. The number of ether oxygens (including phenoxy) is 2. The molecule has 0 aromatic heterocycles. The van der Waals surface area contributed by atoms with Crippen molar-refractivity contribution in [2.45, 2.75) is 12.8 Å². The van der Waals surface area contributed by atoms with E-state index in [2.05, 4.69) is 10.5 Å². The zero-order valence-corrected chi connectivity index (χ0v) is 19.5. The summed E-state index contributed by atoms with van der Waals surface area (Å²) in [6.07, 6.45) is 2.22. The Morgan fingerprint density at radius 3 is 2.42 bits per heavy atom. The van der Waals surface area contributed by atoms with Crippen LogP contribution in [0.3, 0.4) is 0 Å². The molecule has 3 rings (SSSR count). The highest BCUT2D eigenvalue weighted by Crippen LogP contribution is 2.27. The van der Waals surface area contributed by atoms with Gasteiger partial charge in [0.25, 0.3) is 0 Å². The molecule has 1 amide bonds. The summed E-state index contributed by atoms with van der Waals surface area (Å²) < 4.78 is 10.9. The van der Waals surface area contributed by atoms with Crippen LogP contribution in [0.25, 0.3) is 0 Å². The summed E-state index contributed by atoms with van der Waals surface area (Å²) in [4.78, 5) is 24.1. The molecule has 33 heavy (non-hydrogen) atoms. The number of hydrazone groups is 1. The number of halogens is 3. The molecule has 0 fully saturated rings. The van der Waals surface area contributed by atoms with Gasteiger partial charge in [-0.2, -0.15) is 5.10 Å². The Morgan fingerprint density at radius 2 is 1.70 bits per heavy atom. The van der Waals surface area contributed by atoms with Gasteiger partial charge < -0.3 is 9.47 Å². The maximum atomic E-state index is 12.2. The second kappa shape index (κ2) is 12.3. The highest BCUT2D eigenvalue weighted by molar-refractivity contribution is 6.35. The van der Waals surface area contributed by atoms with Crippen molar-refractivity contribution in [3.63, 3.8) is 0 Å². The van der Waals surface area contributed by atoms with E-state index in [1.165, 1.54) is 6.21 Å². The molecule has 0 bridgehead atoms. The second-order valence-corrected chi connectivity index (χ2v) is 8.01. The molecule has 0 aliphatic rings. The van der Waals surface area contributed by atoms with Crippen LogP contribution in [-0.4, -0.2) is 24.7 Å². The van der Waals surface area contributed by atoms with Crippen molar-refractivity contribution in [2.24, 2.45) is 5.10 Å². The predicted octanol–water partition coefficient (Wildman–Crippen LogP) is 6.18. The first-order chi connectivity index (χ1) is 15.9. The van der Waals surface area contributed by atoms with E-state index in [9.17, 15) is 9.59 Å². The van der Waals surface area contributed by atoms with Crippen LogP contribution in [0, 0.1) is 0 Å². The topological polar surface area (TPSA) is 77.0 Å². The molecule has 9 heteroatoms. The molecular formula is C24H19Cl3N2O4. The summed E-state index contributed by atoms with van der Waals surface area (Å²) in [6.45, 7) is 0.326. The quantitative estimate of drug-likeness (QED) is 0.124. The van der Waals surface area contributed by atoms with Crippen molar-refractivity contribution in [1.82, 2.24) is 5.43 Å². The van der Waals surface area contributed by atoms with E-state index in [0.717, 1.165) is 0 Å². The number of esters is 1. The third-order valence-electron chi connectivity index (χ3n) is 4.29. The van der Waals surface area contributed by atoms with Gasteiger partial charge in [0.05, 0.1) is 28.4 Å². The van der Waals surface area contributed by atoms with Crippen molar-refractivity contribution in [3.05, 3.63) is 92.9 Å². The van der Waals surface area contributed by atoms with Gasteiger partial charge in [0.1, 0.15) is 11.5 Å². The van der Waals surface area contributed by atoms with E-state index >= 15 is 0 Å². The second-order valence-electron chi connectivity index (χ2n) is 6.76. The lowest BCUT2D eigenvalue weighted by atomic mass is 10.2. The Labute approximate surface area is 206 Å². The SMILES string of the molecule is O=C(CCCOc1ccc(Cl)cc1Cl)NN=Cc1ccc(OC(=O)c2ccccc2Cl)cc1. The highest BCUT2D eigenvalue weighted by Gasteiger charge is 2.12. The molecule has 6 nitrogen and oxygen atoms in total. The number of carbonyl (C=O) groups excluding carboxylic acids is 2. The molecule has 0 aliphatic heterocycles. The molecule has 0 heterocycles. The van der Waals surface area contributed by atoms with Crippen LogP contribution in [-0.2, 0) is 4.79 Å². The van der Waals surface area contributed by atoms with Crippen molar-refractivity contribution >= 4 is 52.9 Å². The standard InChI is InChI=1S/C24H19Cl3N2O4/c25-17-9-12-22(21(27)14-17)32-13-3-6-23(30)29-28-15-16-7-10-18(11-8-16)33-24(31)19-4-1-2-5-20(19)26/h1-2,4-5,7-12,14-15H,3,6,13H2,(H,29,30). The van der Waals surface area contributed by atoms with Gasteiger partial charge in [0.15, 0.2) is 0 Å². The minimum Gasteiger partial charge on any atom is -0.492 e. The minimum atomic E-state index is -0.545. The first-order valence-electron chi connectivity index (χ1n) is 9.89. The Kier molecular flexibility index (Phi) is 9.13. The summed E-state index contributed by atoms with van der Waals surface area (Å²) in [5, 5.41) is 5.19. The summed E-state index contributed by atoms with van der Waals surface area (Å²) >= 11 is 17.9. The van der Waals surface area contributed by atoms with Gasteiger partial charge in [0.2, 0.25) is 5.91 Å². The van der Waals surface area contributed by atoms with Crippen molar-refractivity contribution in [2.75, 3.05) is 6.61 Å². The van der Waals surface area contributed by atoms with Crippen LogP contribution in [0.4, 0.5) is 0 Å². The van der Waals surface area contributed by atoms with Gasteiger partial charge in [-0.25, -0.2) is 10.2 Å². The largest absolute Gasteiger partial charge is 0.492 e. The Morgan fingerprint density at radius 1 is 0.939 bits per heavy atom. The van der Waals surface area contributed by atoms with Crippen LogP contribution in [0.1, 0.15) is 28.8 Å². The van der Waals surface area contributed by atoms with Gasteiger partial charge >= 0.3 is 5.97 Å². The van der Waals surface area contributed by atoms with Crippen molar-refractivity contribution < 1.29 is 19.1 Å². The van der Waals surface area contributed by atoms with E-state index in [1.54, 1.807) is 66.7 Å². The number of carbonyl (C=O) groups is 2. The Hall–Kier alpha value is -3.06. The first kappa shape index (κ1) is 24.6. The lowest BCUT2D eigenvalue weighted by molar-refractivity contribution is -0.121. The van der Waals surface area contributed by atoms with Gasteiger partial charge in [0, 0.05) is 11.4 Å².